The van der Waals surface area contributed by atoms with E-state index in [0.717, 1.165) is 88.4 Å². The molecule has 18 bridgehead atoms. The van der Waals surface area contributed by atoms with Crippen LogP contribution in [-0.2, 0) is 71.5 Å². The quantitative estimate of drug-likeness (QED) is 0.0739. The summed E-state index contributed by atoms with van der Waals surface area (Å²) in [4.78, 5) is 88.7. The van der Waals surface area contributed by atoms with Gasteiger partial charge in [0.05, 0.1) is 69.2 Å². The Kier molecular flexibility index (Phi) is 27.3. The molecule has 560 valence electrons. The molecule has 0 aromatic heterocycles. The van der Waals surface area contributed by atoms with E-state index in [-0.39, 0.29) is 76.4 Å². The molecule has 0 aromatic carbocycles. The van der Waals surface area contributed by atoms with Gasteiger partial charge in [-0.2, -0.15) is 0 Å². The van der Waals surface area contributed by atoms with Crippen molar-refractivity contribution in [1.82, 2.24) is 0 Å². The van der Waals surface area contributed by atoms with Crippen molar-refractivity contribution in [2.75, 3.05) is 41.2 Å². The van der Waals surface area contributed by atoms with Crippen molar-refractivity contribution in [1.29, 1.82) is 0 Å². The molecule has 0 heterocycles. The van der Waals surface area contributed by atoms with Crippen LogP contribution < -0.4 is 0 Å². The van der Waals surface area contributed by atoms with Gasteiger partial charge in [0.1, 0.15) is 11.9 Å². The molecule has 0 radical (unpaired) electrons. The summed E-state index contributed by atoms with van der Waals surface area (Å²) < 4.78 is 35.2. The van der Waals surface area contributed by atoms with Crippen molar-refractivity contribution in [3.63, 3.8) is 0 Å². The summed E-state index contributed by atoms with van der Waals surface area (Å²) in [6, 6.07) is 0. The number of carbonyl (C=O) groups is 8. The molecule has 0 aromatic rings. The summed E-state index contributed by atoms with van der Waals surface area (Å²) >= 11 is 0. The topological polar surface area (TPSA) is 221 Å². The molecule has 16 nitrogen and oxygen atoms in total. The van der Waals surface area contributed by atoms with Gasteiger partial charge in [-0.05, 0) is 243 Å². The van der Waals surface area contributed by atoms with Gasteiger partial charge in [0, 0.05) is 38.2 Å². The van der Waals surface area contributed by atoms with Gasteiger partial charge < -0.3 is 38.3 Å². The maximum Gasteiger partial charge on any atom is 0.312 e. The van der Waals surface area contributed by atoms with E-state index in [1.165, 1.54) is 85.9 Å². The lowest BCUT2D eigenvalue weighted by molar-refractivity contribution is -0.153. The molecular formula is C86H120O16. The number of allylic oxidation sites excluding steroid dienone is 16. The number of rotatable bonds is 14. The number of carbonyl (C=O) groups excluding carboxylic acids is 7. The Bertz CT molecular complexity index is 3230. The van der Waals surface area contributed by atoms with Crippen molar-refractivity contribution in [2.45, 2.75) is 189 Å². The van der Waals surface area contributed by atoms with Crippen LogP contribution in [0.3, 0.4) is 0 Å². The minimum Gasteiger partial charge on any atom is -0.481 e. The molecule has 9 saturated carbocycles. The lowest BCUT2D eigenvalue weighted by Gasteiger charge is -2.27. The molecule has 9 fully saturated rings. The number of aliphatic carboxylic acids is 1. The van der Waals surface area contributed by atoms with Crippen molar-refractivity contribution in [2.24, 2.45) is 147 Å². The molecule has 102 heavy (non-hydrogen) atoms. The molecule has 18 rings (SSSR count). The summed E-state index contributed by atoms with van der Waals surface area (Å²) in [5, 5.41) is 8.70. The van der Waals surface area contributed by atoms with Gasteiger partial charge in [-0.25, -0.2) is 0 Å². The van der Waals surface area contributed by atoms with Crippen molar-refractivity contribution >= 4 is 47.6 Å². The molecule has 27 unspecified atom stereocenters. The Hall–Kier alpha value is -6.42. The molecule has 0 spiro atoms. The average Bonchev–Trinajstić information content (AvgIpc) is 1.62. The number of ketones is 1. The number of unbranched alkanes of at least 4 members (excludes halogenated alkanes) is 1. The number of hydrogen-bond acceptors (Lipinski definition) is 15. The van der Waals surface area contributed by atoms with Crippen LogP contribution in [0.5, 0.6) is 0 Å². The highest BCUT2D eigenvalue weighted by Gasteiger charge is 2.52. The minimum absolute atomic E-state index is 0.00866. The zero-order valence-electron chi connectivity index (χ0n) is 62.7. The first-order chi connectivity index (χ1) is 48.9. The standard InChI is InChI=1S/C12H18O2.3C10H14O2.C10H14O.2C9H12O2.C8H10O2.C8H12O/c1-2-3-6-14-12(13)11-8-9-4-5-10(11)7-9;1-10(9(11)12-2)6-7-3-4-8(10)5-7;1-7(11)12-6-10-5-8-2-3-9(10)4-8;1-2-12-10(11)9-6-7-3-4-8(9)5-7;1-7(11)10(2)6-8-3-4-9(10)5-8;1-11-9(10)8-5-6-2-3-7(8)4-6;1-6(10)11-9-5-7-2-3-8(9)4-7;9-8(10)7-4-5-1-2-6(7)3-5;1-9-8-5-6-2-3-7(8)4-6/h4-5,9-11H,2-3,6-8H2,1H3;3-4,7-8H,5-6H2,1-2H3;2-3,8-10H,4-6H2,1H3;3-4,7-9H,2,5-6H2,1H3;3-4,8-9H,5-6H2,1-2H3;2-3,6-8H,4-5H2,1H3;2-3,7-9H,4-5H2,1H3;1-2,5-7H,3-4H2,(H,9,10);2-3,6-8H,4-5H2,1H3. The largest absolute Gasteiger partial charge is 0.481 e. The molecule has 0 aliphatic heterocycles. The third kappa shape index (κ3) is 19.4. The Morgan fingerprint density at radius 1 is 0.392 bits per heavy atom. The van der Waals surface area contributed by atoms with Gasteiger partial charge in [0.25, 0.3) is 0 Å². The fourth-order valence-electron chi connectivity index (χ4n) is 20.5. The number of carboxylic acid groups (broad SMARTS) is 1. The molecule has 18 aliphatic rings. The van der Waals surface area contributed by atoms with Crippen LogP contribution in [0.2, 0.25) is 0 Å². The minimum atomic E-state index is -0.614. The number of carboxylic acids is 1. The lowest BCUT2D eigenvalue weighted by atomic mass is 9.75. The third-order valence-corrected chi connectivity index (χ3v) is 26.4. The third-order valence-electron chi connectivity index (χ3n) is 26.4. The Morgan fingerprint density at radius 3 is 1.08 bits per heavy atom. The van der Waals surface area contributed by atoms with E-state index in [2.05, 4.69) is 123 Å². The van der Waals surface area contributed by atoms with Gasteiger partial charge >= 0.3 is 41.8 Å². The monoisotopic (exact) mass is 1410 g/mol. The van der Waals surface area contributed by atoms with E-state index in [1.807, 2.05) is 21.0 Å². The number of hydrogen-bond donors (Lipinski definition) is 1. The fourth-order valence-corrected chi connectivity index (χ4v) is 20.5. The fraction of sp³-hybridized carbons (Fsp3) is 0.698. The number of Topliss-reactive ketones (excluding diaryl/α,β-unsaturated/α-hetero) is 1. The maximum atomic E-state index is 11.7. The van der Waals surface area contributed by atoms with Gasteiger partial charge in [0.15, 0.2) is 0 Å². The highest BCUT2D eigenvalue weighted by atomic mass is 16.6. The smallest absolute Gasteiger partial charge is 0.312 e. The predicted octanol–water partition coefficient (Wildman–Crippen LogP) is 15.8. The predicted molar refractivity (Wildman–Crippen MR) is 390 cm³/mol. The molecule has 16 heteroatoms. The summed E-state index contributed by atoms with van der Waals surface area (Å²) in [6.07, 6.45) is 63.1. The number of methoxy groups -OCH3 is 3. The van der Waals surface area contributed by atoms with E-state index in [0.29, 0.717) is 126 Å². The van der Waals surface area contributed by atoms with Gasteiger partial charge in [-0.1, -0.05) is 130 Å². The van der Waals surface area contributed by atoms with Crippen LogP contribution in [-0.4, -0.2) is 106 Å². The molecule has 0 saturated heterocycles. The molecule has 1 N–H and O–H groups in total. The van der Waals surface area contributed by atoms with E-state index >= 15 is 0 Å². The molecule has 27 atom stereocenters. The van der Waals surface area contributed by atoms with Crippen LogP contribution in [0.1, 0.15) is 177 Å². The highest BCUT2D eigenvalue weighted by Crippen LogP contribution is 2.54. The van der Waals surface area contributed by atoms with Crippen LogP contribution in [0.4, 0.5) is 0 Å². The van der Waals surface area contributed by atoms with E-state index in [1.54, 1.807) is 6.92 Å². The second kappa shape index (κ2) is 35.6. The van der Waals surface area contributed by atoms with Crippen LogP contribution >= 0.6 is 0 Å². The summed E-state index contributed by atoms with van der Waals surface area (Å²) in [5.41, 5.74) is -0.242. The first-order valence-electron chi connectivity index (χ1n) is 39.1. The summed E-state index contributed by atoms with van der Waals surface area (Å²) in [5.74, 6) is 11.4. The maximum absolute atomic E-state index is 11.7. The Balaban J connectivity index is 0.000000124. The Morgan fingerprint density at radius 2 is 0.794 bits per heavy atom. The average molecular weight is 1410 g/mol. The van der Waals surface area contributed by atoms with E-state index in [9.17, 15) is 38.4 Å². The second-order valence-corrected chi connectivity index (χ2v) is 33.3. The van der Waals surface area contributed by atoms with Gasteiger partial charge in [-0.15, -0.1) is 0 Å². The zero-order valence-corrected chi connectivity index (χ0v) is 62.7. The Labute approximate surface area is 607 Å². The SMILES string of the molecule is CC(=O)C1(C)CC2C=CC1C2.CC(=O)OC1CC2C=CC1C2.CC(=O)OCC1CC2C=CC1C2.CCCCOC(=O)C1CC2C=CC1C2.CCOC(=O)C1CC2C=CC1C2.COC(=O)C1(C)CC2C=CC1C2.COC(=O)C1CC2C=CC1C2.COC1CC2C=CC1C2.O=C(O)C1CC2C=CC1C2. The normalized spacial score (nSPS) is 40.4. The molecule has 18 aliphatic carbocycles. The number of fused-ring (bicyclic) bond motifs is 18. The summed E-state index contributed by atoms with van der Waals surface area (Å²) in [7, 11) is 4.76. The van der Waals surface area contributed by atoms with Gasteiger partial charge in [-0.3, -0.25) is 38.4 Å². The lowest BCUT2D eigenvalue weighted by Crippen LogP contribution is -2.32. The van der Waals surface area contributed by atoms with Crippen LogP contribution in [0, 0.1) is 147 Å². The number of esters is 6. The first-order valence-corrected chi connectivity index (χ1v) is 39.1. The van der Waals surface area contributed by atoms with Crippen molar-refractivity contribution < 1.29 is 76.6 Å². The van der Waals surface area contributed by atoms with Crippen LogP contribution in [0.25, 0.3) is 0 Å². The van der Waals surface area contributed by atoms with Crippen molar-refractivity contribution in [3.05, 3.63) is 109 Å². The first kappa shape index (κ1) is 78.2. The second-order valence-electron chi connectivity index (χ2n) is 33.3. The van der Waals surface area contributed by atoms with Gasteiger partial charge in [0.2, 0.25) is 0 Å². The summed E-state index contributed by atoms with van der Waals surface area (Å²) in [6.45, 7) is 14.5. The molecular weight excluding hydrogens is 1290 g/mol. The van der Waals surface area contributed by atoms with E-state index < -0.39 is 5.97 Å². The zero-order chi connectivity index (χ0) is 73.0. The highest BCUT2D eigenvalue weighted by molar-refractivity contribution is 5.83. The van der Waals surface area contributed by atoms with E-state index in [4.69, 9.17) is 38.3 Å². The van der Waals surface area contributed by atoms with Crippen LogP contribution in [0.15, 0.2) is 109 Å². The molecule has 0 amide bonds. The van der Waals surface area contributed by atoms with Crippen molar-refractivity contribution in [3.8, 4) is 0 Å². The number of ether oxygens (including phenoxy) is 7.